The molecule has 0 aliphatic heterocycles. The number of benzene rings is 1. The fraction of sp³-hybridized carbons (Fsp3) is 0.133. The van der Waals surface area contributed by atoms with E-state index in [2.05, 4.69) is 21.2 Å². The normalized spacial score (nSPS) is 10.9. The van der Waals surface area contributed by atoms with Crippen LogP contribution in [0, 0.1) is 0 Å². The molecular weight excluding hydrogens is 350 g/mol. The summed E-state index contributed by atoms with van der Waals surface area (Å²) in [5, 5.41) is 2.52. The number of anilines is 1. The van der Waals surface area contributed by atoms with Crippen LogP contribution in [0.5, 0.6) is 0 Å². The maximum atomic E-state index is 11.9. The van der Waals surface area contributed by atoms with Crippen LogP contribution in [0.4, 0.5) is 5.82 Å². The van der Waals surface area contributed by atoms with Crippen LogP contribution in [0.15, 0.2) is 50.5 Å². The van der Waals surface area contributed by atoms with Crippen molar-refractivity contribution in [1.29, 1.82) is 0 Å². The van der Waals surface area contributed by atoms with Crippen LogP contribution in [-0.2, 0) is 18.9 Å². The van der Waals surface area contributed by atoms with E-state index in [1.165, 1.54) is 30.8 Å². The lowest BCUT2D eigenvalue weighted by Crippen LogP contribution is -2.37. The number of amides is 1. The molecule has 0 spiro atoms. The number of hydrogen-bond acceptors (Lipinski definition) is 3. The lowest BCUT2D eigenvalue weighted by molar-refractivity contribution is -0.111. The van der Waals surface area contributed by atoms with E-state index in [0.29, 0.717) is 0 Å². The molecule has 0 aliphatic rings. The van der Waals surface area contributed by atoms with Gasteiger partial charge in [-0.15, -0.1) is 0 Å². The number of hydrogen-bond donors (Lipinski definition) is 1. The zero-order valence-electron chi connectivity index (χ0n) is 12.0. The van der Waals surface area contributed by atoms with Gasteiger partial charge in [-0.3, -0.25) is 18.7 Å². The second-order valence-corrected chi connectivity index (χ2v) is 5.56. The molecule has 2 aromatic rings. The minimum absolute atomic E-state index is 0.151. The van der Waals surface area contributed by atoms with E-state index >= 15 is 0 Å². The van der Waals surface area contributed by atoms with Gasteiger partial charge in [-0.05, 0) is 23.8 Å². The van der Waals surface area contributed by atoms with E-state index in [0.717, 1.165) is 14.6 Å². The van der Waals surface area contributed by atoms with Gasteiger partial charge in [-0.25, -0.2) is 4.79 Å². The van der Waals surface area contributed by atoms with Gasteiger partial charge in [0.2, 0.25) is 5.91 Å². The van der Waals surface area contributed by atoms with Crippen molar-refractivity contribution in [1.82, 2.24) is 9.13 Å². The molecular formula is C15H14BrN3O3. The number of carbonyl (C=O) groups is 1. The van der Waals surface area contributed by atoms with Gasteiger partial charge in [0.15, 0.2) is 0 Å². The van der Waals surface area contributed by atoms with Crippen LogP contribution in [0.25, 0.3) is 6.08 Å². The molecule has 6 nitrogen and oxygen atoms in total. The van der Waals surface area contributed by atoms with Gasteiger partial charge in [0.05, 0.1) is 0 Å². The van der Waals surface area contributed by atoms with Crippen molar-refractivity contribution in [2.75, 3.05) is 5.32 Å². The predicted octanol–water partition coefficient (Wildman–Crippen LogP) is 1.50. The first kappa shape index (κ1) is 16.0. The van der Waals surface area contributed by atoms with Gasteiger partial charge >= 0.3 is 5.69 Å². The Bertz CT molecular complexity index is 848. The predicted molar refractivity (Wildman–Crippen MR) is 88.7 cm³/mol. The molecule has 0 aliphatic carbocycles. The first-order valence-corrected chi connectivity index (χ1v) is 7.19. The molecule has 0 unspecified atom stereocenters. The van der Waals surface area contributed by atoms with Crippen LogP contribution in [0.3, 0.4) is 0 Å². The topological polar surface area (TPSA) is 73.1 Å². The van der Waals surface area contributed by atoms with Crippen LogP contribution in [0.1, 0.15) is 5.56 Å². The van der Waals surface area contributed by atoms with E-state index in [-0.39, 0.29) is 5.82 Å². The monoisotopic (exact) mass is 363 g/mol. The zero-order chi connectivity index (χ0) is 16.3. The highest BCUT2D eigenvalue weighted by atomic mass is 79.9. The van der Waals surface area contributed by atoms with Gasteiger partial charge in [0.1, 0.15) is 5.82 Å². The second kappa shape index (κ2) is 6.57. The molecule has 114 valence electrons. The lowest BCUT2D eigenvalue weighted by atomic mass is 10.2. The van der Waals surface area contributed by atoms with E-state index in [1.54, 1.807) is 6.08 Å². The van der Waals surface area contributed by atoms with E-state index in [4.69, 9.17) is 0 Å². The van der Waals surface area contributed by atoms with Gasteiger partial charge in [0.25, 0.3) is 5.56 Å². The summed E-state index contributed by atoms with van der Waals surface area (Å²) in [7, 11) is 2.86. The Morgan fingerprint density at radius 1 is 1.14 bits per heavy atom. The molecule has 22 heavy (non-hydrogen) atoms. The molecule has 1 amide bonds. The number of aromatic nitrogens is 2. The van der Waals surface area contributed by atoms with Gasteiger partial charge < -0.3 is 5.32 Å². The van der Waals surface area contributed by atoms with Gasteiger partial charge in [-0.2, -0.15) is 0 Å². The second-order valence-electron chi connectivity index (χ2n) is 4.64. The molecule has 1 aromatic heterocycles. The van der Waals surface area contributed by atoms with Crippen LogP contribution >= 0.6 is 15.9 Å². The van der Waals surface area contributed by atoms with Crippen LogP contribution in [-0.4, -0.2) is 15.0 Å². The van der Waals surface area contributed by atoms with Gasteiger partial charge in [0, 0.05) is 30.7 Å². The van der Waals surface area contributed by atoms with Crippen molar-refractivity contribution in [3.8, 4) is 0 Å². The van der Waals surface area contributed by atoms with E-state index in [9.17, 15) is 14.4 Å². The Kier molecular flexibility index (Phi) is 4.77. The van der Waals surface area contributed by atoms with Crippen LogP contribution < -0.4 is 16.6 Å². The largest absolute Gasteiger partial charge is 0.332 e. The molecule has 1 heterocycles. The van der Waals surface area contributed by atoms with Crippen molar-refractivity contribution in [2.45, 2.75) is 0 Å². The lowest BCUT2D eigenvalue weighted by Gasteiger charge is -2.09. The highest BCUT2D eigenvalue weighted by Crippen LogP contribution is 2.11. The van der Waals surface area contributed by atoms with Crippen LogP contribution in [0.2, 0.25) is 0 Å². The maximum absolute atomic E-state index is 11.9. The molecule has 0 saturated carbocycles. The van der Waals surface area contributed by atoms with Crippen molar-refractivity contribution in [2.24, 2.45) is 14.1 Å². The summed E-state index contributed by atoms with van der Waals surface area (Å²) in [6.45, 7) is 0. The van der Waals surface area contributed by atoms with Crippen molar-refractivity contribution >= 4 is 33.7 Å². The number of halogens is 1. The summed E-state index contributed by atoms with van der Waals surface area (Å²) < 4.78 is 3.12. The zero-order valence-corrected chi connectivity index (χ0v) is 13.6. The summed E-state index contributed by atoms with van der Waals surface area (Å²) in [6.07, 6.45) is 2.98. The summed E-state index contributed by atoms with van der Waals surface area (Å²) >= 11 is 3.33. The molecule has 1 N–H and O–H groups in total. The third-order valence-corrected chi connectivity index (χ3v) is 3.60. The van der Waals surface area contributed by atoms with Crippen molar-refractivity contribution in [3.05, 3.63) is 67.3 Å². The molecule has 2 rings (SSSR count). The average molecular weight is 364 g/mol. The van der Waals surface area contributed by atoms with Crippen molar-refractivity contribution in [3.63, 3.8) is 0 Å². The number of rotatable bonds is 3. The molecule has 0 fully saturated rings. The Hall–Kier alpha value is -2.41. The Labute approximate surface area is 134 Å². The third kappa shape index (κ3) is 3.62. The molecule has 0 radical (unpaired) electrons. The standard InChI is InChI=1S/C15H14BrN3O3/c1-18-12(9-14(21)19(2)15(18)22)17-13(20)8-5-10-3-6-11(16)7-4-10/h3-9H,1-2H3,(H,17,20). The highest BCUT2D eigenvalue weighted by Gasteiger charge is 2.07. The highest BCUT2D eigenvalue weighted by molar-refractivity contribution is 9.10. The smallest absolute Gasteiger partial charge is 0.308 e. The Balaban J connectivity index is 2.18. The molecule has 0 atom stereocenters. The summed E-state index contributed by atoms with van der Waals surface area (Å²) in [5.74, 6) is -0.273. The van der Waals surface area contributed by atoms with E-state index < -0.39 is 17.2 Å². The van der Waals surface area contributed by atoms with E-state index in [1.807, 2.05) is 24.3 Å². The third-order valence-electron chi connectivity index (χ3n) is 3.07. The molecule has 1 aromatic carbocycles. The molecule has 0 saturated heterocycles. The molecule has 7 heteroatoms. The number of nitrogens with one attached hydrogen (secondary N) is 1. The quantitative estimate of drug-likeness (QED) is 0.839. The average Bonchev–Trinajstić information content (AvgIpc) is 2.50. The van der Waals surface area contributed by atoms with Crippen molar-refractivity contribution < 1.29 is 4.79 Å². The summed E-state index contributed by atoms with van der Waals surface area (Å²) in [5.41, 5.74) is -0.119. The molecule has 0 bridgehead atoms. The summed E-state index contributed by atoms with van der Waals surface area (Å²) in [4.78, 5) is 35.2. The summed E-state index contributed by atoms with van der Waals surface area (Å²) in [6, 6.07) is 8.63. The first-order chi connectivity index (χ1) is 10.4. The minimum Gasteiger partial charge on any atom is -0.308 e. The van der Waals surface area contributed by atoms with Gasteiger partial charge in [-0.1, -0.05) is 28.1 Å². The number of carbonyl (C=O) groups excluding carboxylic acids is 1. The first-order valence-electron chi connectivity index (χ1n) is 6.40. The number of nitrogens with zero attached hydrogens (tertiary/aromatic N) is 2. The maximum Gasteiger partial charge on any atom is 0.332 e. The fourth-order valence-corrected chi connectivity index (χ4v) is 2.03. The minimum atomic E-state index is -0.500. The SMILES string of the molecule is Cn1c(NC(=O)C=Cc2ccc(Br)cc2)cc(=O)n(C)c1=O. The Morgan fingerprint density at radius 3 is 2.41 bits per heavy atom. The fourth-order valence-electron chi connectivity index (χ4n) is 1.77. The Morgan fingerprint density at radius 2 is 1.77 bits per heavy atom.